The van der Waals surface area contributed by atoms with E-state index in [1.54, 1.807) is 26.2 Å². The minimum atomic E-state index is -0.615. The van der Waals surface area contributed by atoms with Gasteiger partial charge in [-0.15, -0.1) is 0 Å². The average Bonchev–Trinajstić information content (AvgIpc) is 3.01. The molecule has 0 unspecified atom stereocenters. The van der Waals surface area contributed by atoms with Crippen molar-refractivity contribution in [3.05, 3.63) is 29.5 Å². The van der Waals surface area contributed by atoms with Crippen LogP contribution in [0.25, 0.3) is 11.0 Å². The highest BCUT2D eigenvalue weighted by Crippen LogP contribution is 2.29. The number of hydrogen-bond donors (Lipinski definition) is 0. The first kappa shape index (κ1) is 18.3. The molecular formula is C20H25NO5. The highest BCUT2D eigenvalue weighted by atomic mass is 16.5. The summed E-state index contributed by atoms with van der Waals surface area (Å²) in [6.07, 6.45) is 4.08. The van der Waals surface area contributed by atoms with E-state index in [1.807, 2.05) is 11.0 Å². The number of piperidine rings is 1. The van der Waals surface area contributed by atoms with Gasteiger partial charge in [-0.05, 0) is 50.8 Å². The van der Waals surface area contributed by atoms with Crippen molar-refractivity contribution in [3.63, 3.8) is 0 Å². The number of esters is 1. The van der Waals surface area contributed by atoms with Crippen LogP contribution < -0.4 is 4.74 Å². The van der Waals surface area contributed by atoms with Gasteiger partial charge in [-0.1, -0.05) is 6.92 Å². The molecule has 1 aromatic heterocycles. The van der Waals surface area contributed by atoms with Gasteiger partial charge in [0.1, 0.15) is 11.3 Å². The molecule has 0 spiro atoms. The Bertz CT molecular complexity index is 810. The maximum atomic E-state index is 12.4. The van der Waals surface area contributed by atoms with Crippen LogP contribution in [0.5, 0.6) is 5.75 Å². The molecule has 1 atom stereocenters. The van der Waals surface area contributed by atoms with Crippen LogP contribution in [0.1, 0.15) is 48.7 Å². The topological polar surface area (TPSA) is 69.0 Å². The lowest BCUT2D eigenvalue weighted by atomic mass is 10.00. The molecule has 1 aromatic carbocycles. The Labute approximate surface area is 153 Å². The van der Waals surface area contributed by atoms with E-state index in [9.17, 15) is 9.59 Å². The Morgan fingerprint density at radius 1 is 1.31 bits per heavy atom. The normalized spacial score (nSPS) is 17.3. The second-order valence-corrected chi connectivity index (χ2v) is 6.64. The molecule has 1 amide bonds. The molecule has 2 heterocycles. The average molecular weight is 359 g/mol. The first-order valence-corrected chi connectivity index (χ1v) is 9.08. The number of carbonyl (C=O) groups excluding carboxylic acids is 2. The number of benzene rings is 1. The molecule has 26 heavy (non-hydrogen) atoms. The van der Waals surface area contributed by atoms with Gasteiger partial charge in [-0.2, -0.15) is 0 Å². The molecule has 140 valence electrons. The summed E-state index contributed by atoms with van der Waals surface area (Å²) in [5, 5.41) is 0.796. The van der Waals surface area contributed by atoms with Crippen molar-refractivity contribution in [1.29, 1.82) is 0 Å². The number of methoxy groups -OCH3 is 1. The van der Waals surface area contributed by atoms with E-state index in [2.05, 4.69) is 6.92 Å². The Kier molecular flexibility index (Phi) is 5.49. The summed E-state index contributed by atoms with van der Waals surface area (Å²) in [4.78, 5) is 26.7. The number of hydrogen-bond acceptors (Lipinski definition) is 5. The smallest absolute Gasteiger partial charge is 0.375 e. The molecule has 0 N–H and O–H groups in total. The Morgan fingerprint density at radius 3 is 2.85 bits per heavy atom. The van der Waals surface area contributed by atoms with Gasteiger partial charge in [0.15, 0.2) is 6.61 Å². The highest BCUT2D eigenvalue weighted by Gasteiger charge is 2.27. The number of aryl methyl sites for hydroxylation is 1. The maximum absolute atomic E-state index is 12.4. The molecule has 0 radical (unpaired) electrons. The van der Waals surface area contributed by atoms with Gasteiger partial charge in [-0.25, -0.2) is 4.79 Å². The van der Waals surface area contributed by atoms with E-state index in [0.717, 1.165) is 37.6 Å². The zero-order valence-corrected chi connectivity index (χ0v) is 15.5. The van der Waals surface area contributed by atoms with Crippen LogP contribution in [0.4, 0.5) is 0 Å². The summed E-state index contributed by atoms with van der Waals surface area (Å²) in [6.45, 7) is 4.35. The molecule has 6 nitrogen and oxygen atoms in total. The van der Waals surface area contributed by atoms with Crippen molar-refractivity contribution < 1.29 is 23.5 Å². The third-order valence-electron chi connectivity index (χ3n) is 5.07. The first-order valence-electron chi connectivity index (χ1n) is 9.08. The van der Waals surface area contributed by atoms with E-state index >= 15 is 0 Å². The number of carbonyl (C=O) groups is 2. The van der Waals surface area contributed by atoms with Crippen LogP contribution in [0.15, 0.2) is 22.6 Å². The third-order valence-corrected chi connectivity index (χ3v) is 5.07. The fourth-order valence-electron chi connectivity index (χ4n) is 3.55. The number of likely N-dealkylation sites (tertiary alicyclic amines) is 1. The number of nitrogens with zero attached hydrogens (tertiary/aromatic N) is 1. The number of fused-ring (bicyclic) bond motifs is 1. The van der Waals surface area contributed by atoms with E-state index in [4.69, 9.17) is 13.9 Å². The summed E-state index contributed by atoms with van der Waals surface area (Å²) < 4.78 is 16.1. The molecular weight excluding hydrogens is 334 g/mol. The summed E-state index contributed by atoms with van der Waals surface area (Å²) >= 11 is 0. The van der Waals surface area contributed by atoms with E-state index < -0.39 is 5.97 Å². The van der Waals surface area contributed by atoms with Gasteiger partial charge in [-0.3, -0.25) is 4.79 Å². The van der Waals surface area contributed by atoms with Gasteiger partial charge >= 0.3 is 5.97 Å². The summed E-state index contributed by atoms with van der Waals surface area (Å²) in [7, 11) is 1.58. The number of rotatable bonds is 5. The van der Waals surface area contributed by atoms with Crippen LogP contribution in [0, 0.1) is 6.92 Å². The van der Waals surface area contributed by atoms with Crippen LogP contribution >= 0.6 is 0 Å². The second kappa shape index (κ2) is 7.81. The number of furan rings is 1. The van der Waals surface area contributed by atoms with Gasteiger partial charge in [0.25, 0.3) is 5.91 Å². The van der Waals surface area contributed by atoms with Crippen LogP contribution in [0.2, 0.25) is 0 Å². The molecule has 1 aliphatic heterocycles. The molecule has 2 aromatic rings. The zero-order chi connectivity index (χ0) is 18.7. The standard InChI is InChI=1S/C20H25NO5/c1-4-14-7-5-6-10-21(14)18(22)12-25-20(23)19-13(2)16-11-15(24-3)8-9-17(16)26-19/h8-9,11,14H,4-7,10,12H2,1-3H3/t14-/m1/s1. The lowest BCUT2D eigenvalue weighted by Crippen LogP contribution is -2.45. The molecule has 1 saturated heterocycles. The van der Waals surface area contributed by atoms with Crippen LogP contribution in [-0.2, 0) is 9.53 Å². The monoisotopic (exact) mass is 359 g/mol. The Hall–Kier alpha value is -2.50. The molecule has 6 heteroatoms. The largest absolute Gasteiger partial charge is 0.497 e. The fourth-order valence-corrected chi connectivity index (χ4v) is 3.55. The lowest BCUT2D eigenvalue weighted by Gasteiger charge is -2.35. The SMILES string of the molecule is CC[C@@H]1CCCCN1C(=O)COC(=O)c1oc2ccc(OC)cc2c1C. The van der Waals surface area contributed by atoms with Crippen LogP contribution in [-0.4, -0.2) is 43.1 Å². The van der Waals surface area contributed by atoms with E-state index in [0.29, 0.717) is 16.9 Å². The van der Waals surface area contributed by atoms with Crippen molar-refractivity contribution in [2.75, 3.05) is 20.3 Å². The predicted octanol–water partition coefficient (Wildman–Crippen LogP) is 3.70. The van der Waals surface area contributed by atoms with E-state index in [-0.39, 0.29) is 24.3 Å². The molecule has 0 saturated carbocycles. The molecule has 1 fully saturated rings. The van der Waals surface area contributed by atoms with Crippen molar-refractivity contribution in [2.24, 2.45) is 0 Å². The van der Waals surface area contributed by atoms with Crippen molar-refractivity contribution in [3.8, 4) is 5.75 Å². The van der Waals surface area contributed by atoms with Crippen molar-refractivity contribution >= 4 is 22.8 Å². The van der Waals surface area contributed by atoms with Gasteiger partial charge in [0.2, 0.25) is 5.76 Å². The van der Waals surface area contributed by atoms with Gasteiger partial charge < -0.3 is 18.8 Å². The zero-order valence-electron chi connectivity index (χ0n) is 15.5. The summed E-state index contributed by atoms with van der Waals surface area (Å²) in [5.74, 6) is 0.0651. The number of ether oxygens (including phenoxy) is 2. The Morgan fingerprint density at radius 2 is 2.12 bits per heavy atom. The summed E-state index contributed by atoms with van der Waals surface area (Å²) in [6, 6.07) is 5.58. The quantitative estimate of drug-likeness (QED) is 0.762. The molecule has 0 bridgehead atoms. The van der Waals surface area contributed by atoms with E-state index in [1.165, 1.54) is 0 Å². The highest BCUT2D eigenvalue weighted by molar-refractivity contribution is 5.97. The van der Waals surface area contributed by atoms with Gasteiger partial charge in [0.05, 0.1) is 7.11 Å². The molecule has 0 aliphatic carbocycles. The predicted molar refractivity (Wildman–Crippen MR) is 97.4 cm³/mol. The first-order chi connectivity index (χ1) is 12.5. The minimum Gasteiger partial charge on any atom is -0.497 e. The van der Waals surface area contributed by atoms with Crippen molar-refractivity contribution in [1.82, 2.24) is 4.90 Å². The third kappa shape index (κ3) is 3.54. The molecule has 3 rings (SSSR count). The second-order valence-electron chi connectivity index (χ2n) is 6.64. The minimum absolute atomic E-state index is 0.131. The van der Waals surface area contributed by atoms with Crippen LogP contribution in [0.3, 0.4) is 0 Å². The number of amides is 1. The molecule has 1 aliphatic rings. The summed E-state index contributed by atoms with van der Waals surface area (Å²) in [5.41, 5.74) is 1.27. The lowest BCUT2D eigenvalue weighted by molar-refractivity contribution is -0.138. The maximum Gasteiger partial charge on any atom is 0.375 e. The van der Waals surface area contributed by atoms with Gasteiger partial charge in [0, 0.05) is 23.5 Å². The Balaban J connectivity index is 1.69. The van der Waals surface area contributed by atoms with Crippen molar-refractivity contribution in [2.45, 2.75) is 45.6 Å². The fraction of sp³-hybridized carbons (Fsp3) is 0.500.